The van der Waals surface area contributed by atoms with Crippen LogP contribution in [0.2, 0.25) is 0 Å². The molecule has 1 saturated carbocycles. The zero-order valence-corrected chi connectivity index (χ0v) is 16.5. The molecule has 0 radical (unpaired) electrons. The summed E-state index contributed by atoms with van der Waals surface area (Å²) in [4.78, 5) is 9.50. The SMILES string of the molecule is N=Nc1c(NCc2cccs2)ncnc1[NH2+]C1CC(O)C(COS(N)(=O)=O)C1. The average molecular weight is 429 g/mol. The van der Waals surface area contributed by atoms with Crippen molar-refractivity contribution < 1.29 is 23.0 Å². The highest BCUT2D eigenvalue weighted by Crippen LogP contribution is 2.30. The molecule has 0 aromatic carbocycles. The number of thiophene rings is 1. The monoisotopic (exact) mass is 428 g/mol. The molecule has 0 saturated heterocycles. The standard InChI is InChI=1S/C15H21N7O4S2/c16-22-13-14(18-6-11-2-1-3-27-11)19-8-20-15(13)21-10-4-9(12(23)5-10)7-26-28(17,24)25/h1-3,8-10,12,16,23H,4-7H2,(H2,17,24,25)(H2,18,19,20,21)/p+1. The third kappa shape index (κ3) is 5.50. The molecule has 3 unspecified atom stereocenters. The molecule has 2 heterocycles. The minimum atomic E-state index is -4.04. The van der Waals surface area contributed by atoms with E-state index in [0.717, 1.165) is 4.88 Å². The van der Waals surface area contributed by atoms with Gasteiger partial charge in [-0.2, -0.15) is 13.4 Å². The summed E-state index contributed by atoms with van der Waals surface area (Å²) in [7, 11) is -4.04. The second-order valence-electron chi connectivity index (χ2n) is 6.50. The number of rotatable bonds is 9. The van der Waals surface area contributed by atoms with E-state index in [0.29, 0.717) is 36.7 Å². The third-order valence-electron chi connectivity index (χ3n) is 4.51. The lowest BCUT2D eigenvalue weighted by Gasteiger charge is -2.12. The van der Waals surface area contributed by atoms with E-state index in [4.69, 9.17) is 10.7 Å². The van der Waals surface area contributed by atoms with E-state index in [1.807, 2.05) is 22.8 Å². The van der Waals surface area contributed by atoms with Crippen molar-refractivity contribution in [3.63, 3.8) is 0 Å². The first-order valence-electron chi connectivity index (χ1n) is 8.54. The number of hydrogen-bond acceptors (Lipinski definition) is 10. The van der Waals surface area contributed by atoms with Crippen molar-refractivity contribution in [3.8, 4) is 0 Å². The molecule has 1 aliphatic carbocycles. The molecule has 0 amide bonds. The molecule has 11 nitrogen and oxygen atoms in total. The van der Waals surface area contributed by atoms with Gasteiger partial charge < -0.3 is 10.4 Å². The number of anilines is 1. The van der Waals surface area contributed by atoms with Crippen LogP contribution in [0.5, 0.6) is 0 Å². The van der Waals surface area contributed by atoms with Gasteiger partial charge in [0.1, 0.15) is 6.33 Å². The molecule has 7 N–H and O–H groups in total. The molecule has 152 valence electrons. The molecule has 28 heavy (non-hydrogen) atoms. The fourth-order valence-corrected chi connectivity index (χ4v) is 4.21. The van der Waals surface area contributed by atoms with Gasteiger partial charge in [-0.25, -0.2) is 15.7 Å². The van der Waals surface area contributed by atoms with Gasteiger partial charge in [-0.3, -0.25) is 9.50 Å². The number of aliphatic hydroxyl groups is 1. The highest BCUT2D eigenvalue weighted by molar-refractivity contribution is 7.84. The third-order valence-corrected chi connectivity index (χ3v) is 5.85. The Morgan fingerprint density at radius 1 is 1.46 bits per heavy atom. The first kappa shape index (κ1) is 20.7. The molecule has 0 spiro atoms. The van der Waals surface area contributed by atoms with E-state index in [-0.39, 0.29) is 18.6 Å². The molecule has 1 aliphatic rings. The number of hydrogen-bond donors (Lipinski definition) is 5. The highest BCUT2D eigenvalue weighted by Gasteiger charge is 2.37. The lowest BCUT2D eigenvalue weighted by Crippen LogP contribution is -2.84. The Hall–Kier alpha value is -2.03. The van der Waals surface area contributed by atoms with E-state index in [2.05, 4.69) is 24.6 Å². The van der Waals surface area contributed by atoms with E-state index in [9.17, 15) is 13.5 Å². The molecular weight excluding hydrogens is 406 g/mol. The summed E-state index contributed by atoms with van der Waals surface area (Å²) in [5.41, 5.74) is 7.82. The van der Waals surface area contributed by atoms with Crippen LogP contribution >= 0.6 is 11.3 Å². The number of nitrogens with zero attached hydrogens (tertiary/aromatic N) is 3. The predicted octanol–water partition coefficient (Wildman–Crippen LogP) is 0.367. The summed E-state index contributed by atoms with van der Waals surface area (Å²) in [6, 6.07) is 3.88. The van der Waals surface area contributed by atoms with Crippen molar-refractivity contribution >= 4 is 39.0 Å². The van der Waals surface area contributed by atoms with Crippen LogP contribution in [-0.2, 0) is 21.0 Å². The van der Waals surface area contributed by atoms with Gasteiger partial charge in [0.15, 0.2) is 5.82 Å². The summed E-state index contributed by atoms with van der Waals surface area (Å²) in [6.07, 6.45) is 1.62. The van der Waals surface area contributed by atoms with Crippen LogP contribution in [0.15, 0.2) is 29.0 Å². The number of nitrogens with one attached hydrogen (secondary N) is 2. The van der Waals surface area contributed by atoms with Crippen LogP contribution in [0.3, 0.4) is 0 Å². The molecule has 3 rings (SSSR count). The minimum absolute atomic E-state index is 0.0652. The van der Waals surface area contributed by atoms with Crippen molar-refractivity contribution in [1.29, 1.82) is 5.53 Å². The molecular formula is C15H22N7O4S2+. The number of quaternary nitrogens is 1. The number of nitrogens with two attached hydrogens (primary N) is 2. The first-order valence-corrected chi connectivity index (χ1v) is 10.9. The maximum atomic E-state index is 10.9. The molecule has 0 aliphatic heterocycles. The Bertz CT molecular complexity index is 907. The first-order chi connectivity index (χ1) is 13.4. The summed E-state index contributed by atoms with van der Waals surface area (Å²) in [6.45, 7) is 0.392. The van der Waals surface area contributed by atoms with Crippen molar-refractivity contribution in [2.24, 2.45) is 16.2 Å². The number of aromatic nitrogens is 2. The van der Waals surface area contributed by atoms with Gasteiger partial charge in [0.25, 0.3) is 5.82 Å². The Kier molecular flexibility index (Phi) is 6.64. The van der Waals surface area contributed by atoms with Crippen LogP contribution in [0.4, 0.5) is 17.3 Å². The second kappa shape index (κ2) is 8.98. The quantitative estimate of drug-likeness (QED) is 0.358. The van der Waals surface area contributed by atoms with E-state index >= 15 is 0 Å². The van der Waals surface area contributed by atoms with Crippen molar-refractivity contribution in [3.05, 3.63) is 28.7 Å². The molecule has 2 aromatic rings. The van der Waals surface area contributed by atoms with Gasteiger partial charge in [0.2, 0.25) is 5.69 Å². The normalized spacial score (nSPS) is 22.3. The van der Waals surface area contributed by atoms with Crippen molar-refractivity contribution in [2.45, 2.75) is 31.5 Å². The Morgan fingerprint density at radius 3 is 2.96 bits per heavy atom. The Morgan fingerprint density at radius 2 is 2.29 bits per heavy atom. The van der Waals surface area contributed by atoms with Crippen LogP contribution in [0, 0.1) is 11.4 Å². The fourth-order valence-electron chi connectivity index (χ4n) is 3.20. The van der Waals surface area contributed by atoms with E-state index < -0.39 is 16.4 Å². The maximum absolute atomic E-state index is 10.9. The van der Waals surface area contributed by atoms with Gasteiger partial charge in [-0.1, -0.05) is 6.07 Å². The van der Waals surface area contributed by atoms with Crippen molar-refractivity contribution in [2.75, 3.05) is 11.9 Å². The van der Waals surface area contributed by atoms with Gasteiger partial charge >= 0.3 is 10.3 Å². The Labute approximate surface area is 166 Å². The summed E-state index contributed by atoms with van der Waals surface area (Å²) >= 11 is 1.61. The van der Waals surface area contributed by atoms with E-state index in [1.165, 1.54) is 6.33 Å². The van der Waals surface area contributed by atoms with Gasteiger partial charge in [0.05, 0.1) is 25.3 Å². The average Bonchev–Trinajstić information content (AvgIpc) is 3.27. The molecule has 2 aromatic heterocycles. The topological polar surface area (TPSA) is 180 Å². The smallest absolute Gasteiger partial charge is 0.333 e. The van der Waals surface area contributed by atoms with Crippen molar-refractivity contribution in [1.82, 2.24) is 9.97 Å². The zero-order valence-electron chi connectivity index (χ0n) is 14.9. The molecule has 1 fully saturated rings. The minimum Gasteiger partial charge on any atom is -0.392 e. The summed E-state index contributed by atoms with van der Waals surface area (Å²) in [5, 5.41) is 25.5. The lowest BCUT2D eigenvalue weighted by atomic mass is 10.1. The zero-order chi connectivity index (χ0) is 20.1. The van der Waals surface area contributed by atoms with Gasteiger partial charge in [-0.05, 0) is 11.4 Å². The largest absolute Gasteiger partial charge is 0.392 e. The summed E-state index contributed by atoms with van der Waals surface area (Å²) < 4.78 is 26.5. The summed E-state index contributed by atoms with van der Waals surface area (Å²) in [5.74, 6) is 0.593. The molecule has 3 atom stereocenters. The van der Waals surface area contributed by atoms with Crippen LogP contribution < -0.4 is 15.8 Å². The number of aliphatic hydroxyl groups excluding tert-OH is 1. The maximum Gasteiger partial charge on any atom is 0.333 e. The Balaban J connectivity index is 1.65. The van der Waals surface area contributed by atoms with Crippen LogP contribution in [-0.4, -0.2) is 42.2 Å². The highest BCUT2D eigenvalue weighted by atomic mass is 32.2. The van der Waals surface area contributed by atoms with Crippen LogP contribution in [0.25, 0.3) is 0 Å². The fraction of sp³-hybridized carbons (Fsp3) is 0.467. The second-order valence-corrected chi connectivity index (χ2v) is 8.76. The van der Waals surface area contributed by atoms with Gasteiger partial charge in [0, 0.05) is 23.6 Å². The molecule has 13 heteroatoms. The van der Waals surface area contributed by atoms with Gasteiger partial charge in [-0.15, -0.1) is 16.5 Å². The van der Waals surface area contributed by atoms with Crippen LogP contribution in [0.1, 0.15) is 17.7 Å². The predicted molar refractivity (Wildman–Crippen MR) is 102 cm³/mol. The molecule has 0 bridgehead atoms. The van der Waals surface area contributed by atoms with E-state index in [1.54, 1.807) is 11.3 Å². The lowest BCUT2D eigenvalue weighted by molar-refractivity contribution is -0.613.